The first kappa shape index (κ1) is 14.3. The molecular weight excluding hydrogens is 308 g/mol. The third kappa shape index (κ3) is 3.70. The standard InChI is InChI=1S/C14H19BrN2O2/c1-19-11-7-9(15)6-10(8-11)17-14(18)12-4-2-3-5-13(12)16/h6-8,12-13H,2-5,16H2,1H3,(H,17,18). The predicted molar refractivity (Wildman–Crippen MR) is 79.3 cm³/mol. The zero-order valence-corrected chi connectivity index (χ0v) is 12.6. The molecule has 0 aromatic heterocycles. The molecule has 1 aromatic rings. The molecular formula is C14H19BrN2O2. The SMILES string of the molecule is COc1cc(Br)cc(NC(=O)C2CCCCC2N)c1. The van der Waals surface area contributed by atoms with Gasteiger partial charge in [-0.25, -0.2) is 0 Å². The number of hydrogen-bond donors (Lipinski definition) is 2. The van der Waals surface area contributed by atoms with Gasteiger partial charge in [-0.05, 0) is 25.0 Å². The van der Waals surface area contributed by atoms with E-state index in [1.807, 2.05) is 12.1 Å². The van der Waals surface area contributed by atoms with Crippen LogP contribution >= 0.6 is 15.9 Å². The van der Waals surface area contributed by atoms with Gasteiger partial charge in [0, 0.05) is 22.3 Å². The Morgan fingerprint density at radius 3 is 2.79 bits per heavy atom. The second-order valence-electron chi connectivity index (χ2n) is 4.92. The zero-order valence-electron chi connectivity index (χ0n) is 11.0. The Labute approximate surface area is 121 Å². The molecule has 1 aromatic carbocycles. The average Bonchev–Trinajstić information content (AvgIpc) is 2.38. The van der Waals surface area contributed by atoms with Crippen LogP contribution in [0.15, 0.2) is 22.7 Å². The van der Waals surface area contributed by atoms with E-state index >= 15 is 0 Å². The molecule has 0 aliphatic heterocycles. The molecule has 1 aliphatic carbocycles. The molecule has 0 spiro atoms. The maximum Gasteiger partial charge on any atom is 0.229 e. The van der Waals surface area contributed by atoms with E-state index in [2.05, 4.69) is 21.2 Å². The number of rotatable bonds is 3. The lowest BCUT2D eigenvalue weighted by atomic mass is 9.84. The van der Waals surface area contributed by atoms with E-state index in [1.165, 1.54) is 0 Å². The third-order valence-corrected chi connectivity index (χ3v) is 3.99. The van der Waals surface area contributed by atoms with E-state index in [9.17, 15) is 4.79 Å². The minimum absolute atomic E-state index is 0.00681. The van der Waals surface area contributed by atoms with Gasteiger partial charge in [0.15, 0.2) is 0 Å². The van der Waals surface area contributed by atoms with Crippen LogP contribution in [0.3, 0.4) is 0 Å². The Balaban J connectivity index is 2.07. The Bertz CT molecular complexity index is 465. The fourth-order valence-electron chi connectivity index (χ4n) is 2.47. The third-order valence-electron chi connectivity index (χ3n) is 3.53. The Hall–Kier alpha value is -1.07. The van der Waals surface area contributed by atoms with E-state index < -0.39 is 0 Å². The smallest absolute Gasteiger partial charge is 0.229 e. The van der Waals surface area contributed by atoms with Gasteiger partial charge >= 0.3 is 0 Å². The molecule has 2 rings (SSSR count). The minimum Gasteiger partial charge on any atom is -0.497 e. The molecule has 0 saturated heterocycles. The molecule has 19 heavy (non-hydrogen) atoms. The number of methoxy groups -OCH3 is 1. The first-order valence-corrected chi connectivity index (χ1v) is 7.30. The molecule has 1 saturated carbocycles. The van der Waals surface area contributed by atoms with Gasteiger partial charge in [0.1, 0.15) is 5.75 Å². The number of anilines is 1. The highest BCUT2D eigenvalue weighted by Gasteiger charge is 2.28. The van der Waals surface area contributed by atoms with Crippen molar-refractivity contribution >= 4 is 27.5 Å². The van der Waals surface area contributed by atoms with E-state index in [0.29, 0.717) is 5.75 Å². The van der Waals surface area contributed by atoms with Crippen LogP contribution in [0.1, 0.15) is 25.7 Å². The molecule has 5 heteroatoms. The molecule has 104 valence electrons. The van der Waals surface area contributed by atoms with Crippen LogP contribution in [0.25, 0.3) is 0 Å². The van der Waals surface area contributed by atoms with Crippen molar-refractivity contribution in [2.24, 2.45) is 11.7 Å². The second-order valence-corrected chi connectivity index (χ2v) is 5.84. The number of nitrogens with one attached hydrogen (secondary N) is 1. The largest absolute Gasteiger partial charge is 0.497 e. The quantitative estimate of drug-likeness (QED) is 0.897. The fraction of sp³-hybridized carbons (Fsp3) is 0.500. The molecule has 1 fully saturated rings. The van der Waals surface area contributed by atoms with Crippen LogP contribution in [0.2, 0.25) is 0 Å². The van der Waals surface area contributed by atoms with Gasteiger partial charge in [0.25, 0.3) is 0 Å². The number of hydrogen-bond acceptors (Lipinski definition) is 3. The summed E-state index contributed by atoms with van der Waals surface area (Å²) in [6.45, 7) is 0. The Kier molecular flexibility index (Phi) is 4.82. The van der Waals surface area contributed by atoms with Crippen molar-refractivity contribution in [3.8, 4) is 5.75 Å². The first-order chi connectivity index (χ1) is 9.10. The molecule has 1 aliphatic rings. The number of carbonyl (C=O) groups is 1. The maximum atomic E-state index is 12.2. The van der Waals surface area contributed by atoms with E-state index in [4.69, 9.17) is 10.5 Å². The van der Waals surface area contributed by atoms with Gasteiger partial charge in [0.2, 0.25) is 5.91 Å². The Morgan fingerprint density at radius 2 is 2.11 bits per heavy atom. The number of benzene rings is 1. The molecule has 0 bridgehead atoms. The van der Waals surface area contributed by atoms with Gasteiger partial charge < -0.3 is 15.8 Å². The summed E-state index contributed by atoms with van der Waals surface area (Å²) < 4.78 is 6.05. The normalized spacial score (nSPS) is 22.9. The van der Waals surface area contributed by atoms with Gasteiger partial charge in [-0.15, -0.1) is 0 Å². The van der Waals surface area contributed by atoms with Crippen molar-refractivity contribution in [3.05, 3.63) is 22.7 Å². The highest BCUT2D eigenvalue weighted by Crippen LogP contribution is 2.27. The van der Waals surface area contributed by atoms with Crippen molar-refractivity contribution in [3.63, 3.8) is 0 Å². The highest BCUT2D eigenvalue weighted by molar-refractivity contribution is 9.10. The number of nitrogens with two attached hydrogens (primary N) is 1. The number of carbonyl (C=O) groups excluding carboxylic acids is 1. The molecule has 4 nitrogen and oxygen atoms in total. The summed E-state index contributed by atoms with van der Waals surface area (Å²) in [4.78, 5) is 12.2. The van der Waals surface area contributed by atoms with Gasteiger partial charge in [-0.2, -0.15) is 0 Å². The summed E-state index contributed by atoms with van der Waals surface area (Å²) in [6.07, 6.45) is 4.00. The average molecular weight is 327 g/mol. The summed E-state index contributed by atoms with van der Waals surface area (Å²) >= 11 is 3.40. The van der Waals surface area contributed by atoms with E-state index in [0.717, 1.165) is 35.8 Å². The van der Waals surface area contributed by atoms with Crippen LogP contribution in [0.5, 0.6) is 5.75 Å². The number of ether oxygens (including phenoxy) is 1. The van der Waals surface area contributed by atoms with Gasteiger partial charge in [-0.1, -0.05) is 28.8 Å². The van der Waals surface area contributed by atoms with E-state index in [-0.39, 0.29) is 17.9 Å². The summed E-state index contributed by atoms with van der Waals surface area (Å²) in [5.41, 5.74) is 6.76. The molecule has 0 heterocycles. The van der Waals surface area contributed by atoms with Crippen LogP contribution in [0, 0.1) is 5.92 Å². The lowest BCUT2D eigenvalue weighted by Gasteiger charge is -2.27. The molecule has 2 unspecified atom stereocenters. The number of amides is 1. The fourth-order valence-corrected chi connectivity index (χ4v) is 2.95. The summed E-state index contributed by atoms with van der Waals surface area (Å²) in [5.74, 6) is 0.628. The lowest BCUT2D eigenvalue weighted by molar-refractivity contribution is -0.121. The molecule has 1 amide bonds. The van der Waals surface area contributed by atoms with Crippen LogP contribution in [-0.2, 0) is 4.79 Å². The first-order valence-electron chi connectivity index (χ1n) is 6.51. The molecule has 3 N–H and O–H groups in total. The number of halogens is 1. The summed E-state index contributed by atoms with van der Waals surface area (Å²) in [7, 11) is 1.60. The topological polar surface area (TPSA) is 64.3 Å². The van der Waals surface area contributed by atoms with Crippen LogP contribution in [0.4, 0.5) is 5.69 Å². The summed E-state index contributed by atoms with van der Waals surface area (Å²) in [5, 5.41) is 2.93. The van der Waals surface area contributed by atoms with Crippen LogP contribution in [-0.4, -0.2) is 19.1 Å². The zero-order chi connectivity index (χ0) is 13.8. The van der Waals surface area contributed by atoms with Crippen LogP contribution < -0.4 is 15.8 Å². The second kappa shape index (κ2) is 6.39. The van der Waals surface area contributed by atoms with E-state index in [1.54, 1.807) is 13.2 Å². The Morgan fingerprint density at radius 1 is 1.37 bits per heavy atom. The molecule has 2 atom stereocenters. The highest BCUT2D eigenvalue weighted by atomic mass is 79.9. The van der Waals surface area contributed by atoms with Crippen molar-refractivity contribution in [1.29, 1.82) is 0 Å². The predicted octanol–water partition coefficient (Wildman–Crippen LogP) is 2.91. The van der Waals surface area contributed by atoms with Gasteiger partial charge in [-0.3, -0.25) is 4.79 Å². The van der Waals surface area contributed by atoms with Crippen molar-refractivity contribution < 1.29 is 9.53 Å². The minimum atomic E-state index is -0.0845. The molecule has 0 radical (unpaired) electrons. The van der Waals surface area contributed by atoms with Crippen molar-refractivity contribution in [1.82, 2.24) is 0 Å². The summed E-state index contributed by atoms with van der Waals surface area (Å²) in [6, 6.07) is 5.48. The van der Waals surface area contributed by atoms with Crippen molar-refractivity contribution in [2.45, 2.75) is 31.7 Å². The van der Waals surface area contributed by atoms with Gasteiger partial charge in [0.05, 0.1) is 13.0 Å². The lowest BCUT2D eigenvalue weighted by Crippen LogP contribution is -2.40. The van der Waals surface area contributed by atoms with Crippen molar-refractivity contribution in [2.75, 3.05) is 12.4 Å². The maximum absolute atomic E-state index is 12.2. The monoisotopic (exact) mass is 326 g/mol.